The third-order valence-electron chi connectivity index (χ3n) is 3.77. The molecule has 118 valence electrons. The van der Waals surface area contributed by atoms with Crippen molar-refractivity contribution in [2.24, 2.45) is 7.05 Å². The Bertz CT molecular complexity index is 927. The largest absolute Gasteiger partial charge is 0.326 e. The van der Waals surface area contributed by atoms with Crippen molar-refractivity contribution in [3.05, 3.63) is 64.3 Å². The van der Waals surface area contributed by atoms with Gasteiger partial charge in [-0.05, 0) is 36.2 Å². The summed E-state index contributed by atoms with van der Waals surface area (Å²) in [7, 11) is 1.67. The maximum atomic E-state index is 13.5. The average molecular weight is 313 g/mol. The van der Waals surface area contributed by atoms with Crippen molar-refractivity contribution < 1.29 is 9.18 Å². The number of imidazole rings is 1. The second kappa shape index (κ2) is 6.08. The monoisotopic (exact) mass is 313 g/mol. The normalized spacial score (nSPS) is 10.9. The average Bonchev–Trinajstić information content (AvgIpc) is 2.81. The zero-order valence-corrected chi connectivity index (χ0v) is 12.6. The Balaban J connectivity index is 1.68. The number of anilines is 1. The van der Waals surface area contributed by atoms with Crippen LogP contribution in [0.3, 0.4) is 0 Å². The molecule has 0 saturated heterocycles. The fourth-order valence-corrected chi connectivity index (χ4v) is 2.49. The first-order chi connectivity index (χ1) is 11.0. The standard InChI is InChI=1S/C17H16FN3O2/c1-21-15-8-7-12(10-14(15)20-17(21)23)19-16(22)9-6-11-4-2-3-5-13(11)18/h2-5,7-8,10H,6,9H2,1H3,(H,19,22)(H,20,23). The molecule has 0 saturated carbocycles. The predicted octanol–water partition coefficient (Wildman–Crippen LogP) is 2.58. The van der Waals surface area contributed by atoms with Crippen LogP contribution >= 0.6 is 0 Å². The Morgan fingerprint density at radius 1 is 1.26 bits per heavy atom. The Morgan fingerprint density at radius 2 is 2.04 bits per heavy atom. The number of halogens is 1. The van der Waals surface area contributed by atoms with Gasteiger partial charge in [0.1, 0.15) is 5.82 Å². The number of nitrogens with one attached hydrogen (secondary N) is 2. The third-order valence-corrected chi connectivity index (χ3v) is 3.77. The van der Waals surface area contributed by atoms with E-state index in [9.17, 15) is 14.0 Å². The van der Waals surface area contributed by atoms with Crippen LogP contribution in [0.4, 0.5) is 10.1 Å². The topological polar surface area (TPSA) is 66.9 Å². The second-order valence-electron chi connectivity index (χ2n) is 5.36. The quantitative estimate of drug-likeness (QED) is 0.777. The molecule has 0 spiro atoms. The minimum Gasteiger partial charge on any atom is -0.326 e. The van der Waals surface area contributed by atoms with Gasteiger partial charge < -0.3 is 10.3 Å². The van der Waals surface area contributed by atoms with E-state index in [1.54, 1.807) is 43.4 Å². The van der Waals surface area contributed by atoms with Crippen LogP contribution in [0.15, 0.2) is 47.3 Å². The van der Waals surface area contributed by atoms with E-state index in [1.807, 2.05) is 0 Å². The molecular weight excluding hydrogens is 297 g/mol. The van der Waals surface area contributed by atoms with Crippen LogP contribution in [0.5, 0.6) is 0 Å². The van der Waals surface area contributed by atoms with Crippen LogP contribution in [0.2, 0.25) is 0 Å². The summed E-state index contributed by atoms with van der Waals surface area (Å²) in [5.41, 5.74) is 2.33. The molecule has 2 N–H and O–H groups in total. The van der Waals surface area contributed by atoms with E-state index in [4.69, 9.17) is 0 Å². The molecule has 2 aromatic carbocycles. The van der Waals surface area contributed by atoms with Gasteiger partial charge >= 0.3 is 5.69 Å². The molecule has 6 heteroatoms. The smallest absolute Gasteiger partial charge is 0.326 e. The highest BCUT2D eigenvalue weighted by Crippen LogP contribution is 2.16. The van der Waals surface area contributed by atoms with Crippen LogP contribution in [-0.4, -0.2) is 15.5 Å². The van der Waals surface area contributed by atoms with E-state index in [2.05, 4.69) is 10.3 Å². The highest BCUT2D eigenvalue weighted by molar-refractivity contribution is 5.93. The van der Waals surface area contributed by atoms with E-state index in [0.29, 0.717) is 23.2 Å². The van der Waals surface area contributed by atoms with Gasteiger partial charge in [-0.3, -0.25) is 9.36 Å². The molecule has 23 heavy (non-hydrogen) atoms. The number of amides is 1. The van der Waals surface area contributed by atoms with Crippen molar-refractivity contribution in [2.75, 3.05) is 5.32 Å². The molecule has 1 aromatic heterocycles. The molecule has 0 atom stereocenters. The lowest BCUT2D eigenvalue weighted by molar-refractivity contribution is -0.116. The van der Waals surface area contributed by atoms with Crippen molar-refractivity contribution in [1.29, 1.82) is 0 Å². The van der Waals surface area contributed by atoms with Gasteiger partial charge in [0, 0.05) is 19.2 Å². The first-order valence-electron chi connectivity index (χ1n) is 7.26. The summed E-state index contributed by atoms with van der Waals surface area (Å²) in [6, 6.07) is 11.6. The van der Waals surface area contributed by atoms with E-state index < -0.39 is 0 Å². The zero-order valence-electron chi connectivity index (χ0n) is 12.6. The lowest BCUT2D eigenvalue weighted by atomic mass is 10.1. The molecule has 1 heterocycles. The first kappa shape index (κ1) is 15.0. The number of nitrogens with zero attached hydrogens (tertiary/aromatic N) is 1. The van der Waals surface area contributed by atoms with Crippen LogP contribution < -0.4 is 11.0 Å². The summed E-state index contributed by atoms with van der Waals surface area (Å²) >= 11 is 0. The van der Waals surface area contributed by atoms with Crippen LogP contribution in [0, 0.1) is 5.82 Å². The number of aryl methyl sites for hydroxylation is 2. The Kier molecular flexibility index (Phi) is 3.97. The fourth-order valence-electron chi connectivity index (χ4n) is 2.49. The number of fused-ring (bicyclic) bond motifs is 1. The zero-order chi connectivity index (χ0) is 16.4. The molecule has 0 unspecified atom stereocenters. The van der Waals surface area contributed by atoms with E-state index >= 15 is 0 Å². The number of carbonyl (C=O) groups is 1. The number of aromatic nitrogens is 2. The number of aromatic amines is 1. The summed E-state index contributed by atoms with van der Waals surface area (Å²) in [5.74, 6) is -0.505. The van der Waals surface area contributed by atoms with E-state index in [-0.39, 0.29) is 23.8 Å². The summed E-state index contributed by atoms with van der Waals surface area (Å²) in [4.78, 5) is 26.3. The fraction of sp³-hybridized carbons (Fsp3) is 0.176. The van der Waals surface area contributed by atoms with Crippen molar-refractivity contribution in [2.45, 2.75) is 12.8 Å². The Morgan fingerprint density at radius 3 is 2.83 bits per heavy atom. The van der Waals surface area contributed by atoms with Crippen LogP contribution in [-0.2, 0) is 18.3 Å². The van der Waals surface area contributed by atoms with Crippen LogP contribution in [0.25, 0.3) is 11.0 Å². The molecule has 0 aliphatic heterocycles. The van der Waals surface area contributed by atoms with Gasteiger partial charge in [-0.15, -0.1) is 0 Å². The van der Waals surface area contributed by atoms with Crippen LogP contribution in [0.1, 0.15) is 12.0 Å². The molecule has 0 aliphatic carbocycles. The number of H-pyrrole nitrogens is 1. The summed E-state index contributed by atoms with van der Waals surface area (Å²) in [6.07, 6.45) is 0.521. The minimum atomic E-state index is -0.302. The number of rotatable bonds is 4. The van der Waals surface area contributed by atoms with E-state index in [1.165, 1.54) is 10.6 Å². The van der Waals surface area contributed by atoms with Gasteiger partial charge in [0.05, 0.1) is 11.0 Å². The van der Waals surface area contributed by atoms with Crippen molar-refractivity contribution in [3.8, 4) is 0 Å². The molecule has 5 nitrogen and oxygen atoms in total. The predicted molar refractivity (Wildman–Crippen MR) is 86.9 cm³/mol. The highest BCUT2D eigenvalue weighted by atomic mass is 19.1. The van der Waals surface area contributed by atoms with Crippen molar-refractivity contribution in [3.63, 3.8) is 0 Å². The highest BCUT2D eigenvalue weighted by Gasteiger charge is 2.08. The molecule has 0 fully saturated rings. The summed E-state index contributed by atoms with van der Waals surface area (Å²) < 4.78 is 15.0. The molecule has 3 rings (SSSR count). The molecule has 1 amide bonds. The molecule has 0 aliphatic rings. The maximum absolute atomic E-state index is 13.5. The number of hydrogen-bond acceptors (Lipinski definition) is 2. The van der Waals surface area contributed by atoms with Gasteiger partial charge in [0.25, 0.3) is 0 Å². The first-order valence-corrected chi connectivity index (χ1v) is 7.26. The number of hydrogen-bond donors (Lipinski definition) is 2. The number of carbonyl (C=O) groups excluding carboxylic acids is 1. The molecule has 0 radical (unpaired) electrons. The van der Waals surface area contributed by atoms with Gasteiger partial charge in [-0.1, -0.05) is 18.2 Å². The second-order valence-corrected chi connectivity index (χ2v) is 5.36. The van der Waals surface area contributed by atoms with Crippen molar-refractivity contribution in [1.82, 2.24) is 9.55 Å². The molecular formula is C17H16FN3O2. The Hall–Kier alpha value is -2.89. The van der Waals surface area contributed by atoms with Gasteiger partial charge in [-0.25, -0.2) is 9.18 Å². The maximum Gasteiger partial charge on any atom is 0.326 e. The van der Waals surface area contributed by atoms with E-state index in [0.717, 1.165) is 5.52 Å². The third kappa shape index (κ3) is 3.15. The minimum absolute atomic E-state index is 0.185. The molecule has 0 bridgehead atoms. The summed E-state index contributed by atoms with van der Waals surface area (Å²) in [5, 5.41) is 2.76. The lowest BCUT2D eigenvalue weighted by Crippen LogP contribution is -2.12. The van der Waals surface area contributed by atoms with Gasteiger partial charge in [-0.2, -0.15) is 0 Å². The van der Waals surface area contributed by atoms with Gasteiger partial charge in [0.2, 0.25) is 5.91 Å². The van der Waals surface area contributed by atoms with Gasteiger partial charge in [0.15, 0.2) is 0 Å². The SMILES string of the molecule is Cn1c(=O)[nH]c2cc(NC(=O)CCc3ccccc3F)ccc21. The number of benzene rings is 2. The lowest BCUT2D eigenvalue weighted by Gasteiger charge is -2.06. The molecule has 3 aromatic rings. The summed E-state index contributed by atoms with van der Waals surface area (Å²) in [6.45, 7) is 0. The Labute approximate surface area is 131 Å². The van der Waals surface area contributed by atoms with Crippen molar-refractivity contribution >= 4 is 22.6 Å².